The van der Waals surface area contributed by atoms with Crippen molar-refractivity contribution in [2.75, 3.05) is 12.4 Å². The third-order valence-electron chi connectivity index (χ3n) is 2.24. The minimum absolute atomic E-state index is 0.703. The molecule has 6 heteroatoms. The Morgan fingerprint density at radius 1 is 1.18 bits per heavy atom. The number of aromatic nitrogens is 4. The Balaban J connectivity index is 2.30. The van der Waals surface area contributed by atoms with Crippen LogP contribution in [-0.2, 0) is 0 Å². The highest BCUT2D eigenvalue weighted by Gasteiger charge is 2.09. The van der Waals surface area contributed by atoms with E-state index in [-0.39, 0.29) is 0 Å². The molecule has 0 aliphatic rings. The van der Waals surface area contributed by atoms with Crippen LogP contribution < -0.4 is 5.32 Å². The van der Waals surface area contributed by atoms with Crippen molar-refractivity contribution < 1.29 is 0 Å². The predicted octanol–water partition coefficient (Wildman–Crippen LogP) is 2.08. The van der Waals surface area contributed by atoms with Crippen molar-refractivity contribution in [3.63, 3.8) is 0 Å². The van der Waals surface area contributed by atoms with Gasteiger partial charge in [-0.05, 0) is 31.7 Å². The Kier molecular flexibility index (Phi) is 3.53. The van der Waals surface area contributed by atoms with Gasteiger partial charge in [-0.15, -0.1) is 0 Å². The van der Waals surface area contributed by atoms with Crippen LogP contribution in [0, 0.1) is 13.8 Å². The summed E-state index contributed by atoms with van der Waals surface area (Å²) in [6.45, 7) is 3.92. The fourth-order valence-corrected chi connectivity index (χ4v) is 2.18. The second kappa shape index (κ2) is 5.09. The van der Waals surface area contributed by atoms with Gasteiger partial charge in [-0.25, -0.2) is 19.9 Å². The van der Waals surface area contributed by atoms with Crippen molar-refractivity contribution in [3.05, 3.63) is 29.8 Å². The zero-order valence-corrected chi connectivity index (χ0v) is 10.7. The summed E-state index contributed by atoms with van der Waals surface area (Å²) in [5.41, 5.74) is 1.95. The first-order chi connectivity index (χ1) is 8.20. The zero-order valence-electron chi connectivity index (χ0n) is 9.93. The molecule has 0 saturated heterocycles. The number of rotatable bonds is 3. The Hall–Kier alpha value is -1.69. The first-order valence-corrected chi connectivity index (χ1v) is 5.99. The van der Waals surface area contributed by atoms with E-state index in [1.165, 1.54) is 18.1 Å². The number of nitrogens with zero attached hydrogens (tertiary/aromatic N) is 4. The Bertz CT molecular complexity index is 529. The van der Waals surface area contributed by atoms with Crippen molar-refractivity contribution in [3.8, 4) is 0 Å². The maximum Gasteiger partial charge on any atom is 0.194 e. The van der Waals surface area contributed by atoms with Gasteiger partial charge in [0.05, 0.1) is 0 Å². The molecule has 88 valence electrons. The Labute approximate surface area is 104 Å². The Morgan fingerprint density at radius 2 is 2.00 bits per heavy atom. The van der Waals surface area contributed by atoms with E-state index >= 15 is 0 Å². The van der Waals surface area contributed by atoms with Crippen molar-refractivity contribution >= 4 is 17.6 Å². The second-order valence-electron chi connectivity index (χ2n) is 3.49. The molecule has 0 amide bonds. The van der Waals surface area contributed by atoms with Crippen LogP contribution in [0.3, 0.4) is 0 Å². The van der Waals surface area contributed by atoms with Crippen LogP contribution in [0.15, 0.2) is 28.8 Å². The number of nitrogens with one attached hydrogen (secondary N) is 1. The summed E-state index contributed by atoms with van der Waals surface area (Å²) in [7, 11) is 1.84. The SMILES string of the molecule is CNc1ncnc(Sc2nccc(C)n2)c1C. The van der Waals surface area contributed by atoms with Gasteiger partial charge in [0, 0.05) is 24.5 Å². The molecule has 2 aromatic rings. The number of aryl methyl sites for hydroxylation is 1. The monoisotopic (exact) mass is 247 g/mol. The molecule has 0 aliphatic carbocycles. The molecule has 0 radical (unpaired) electrons. The molecule has 1 N–H and O–H groups in total. The van der Waals surface area contributed by atoms with Crippen LogP contribution >= 0.6 is 11.8 Å². The van der Waals surface area contributed by atoms with E-state index in [9.17, 15) is 0 Å². The summed E-state index contributed by atoms with van der Waals surface area (Å²) in [5, 5.41) is 4.60. The fraction of sp³-hybridized carbons (Fsp3) is 0.273. The van der Waals surface area contributed by atoms with Crippen LogP contribution in [0.4, 0.5) is 5.82 Å². The van der Waals surface area contributed by atoms with Crippen LogP contribution in [0.2, 0.25) is 0 Å². The first kappa shape index (κ1) is 11.8. The van der Waals surface area contributed by atoms with Gasteiger partial charge < -0.3 is 5.32 Å². The van der Waals surface area contributed by atoms with Crippen molar-refractivity contribution in [1.29, 1.82) is 0 Å². The van der Waals surface area contributed by atoms with E-state index in [1.807, 2.05) is 27.0 Å². The van der Waals surface area contributed by atoms with E-state index in [1.54, 1.807) is 6.20 Å². The fourth-order valence-electron chi connectivity index (χ4n) is 1.35. The number of anilines is 1. The van der Waals surface area contributed by atoms with Crippen LogP contribution in [0.1, 0.15) is 11.3 Å². The second-order valence-corrected chi connectivity index (χ2v) is 4.44. The molecule has 0 saturated carbocycles. The van der Waals surface area contributed by atoms with Crippen LogP contribution in [0.25, 0.3) is 0 Å². The molecule has 17 heavy (non-hydrogen) atoms. The average molecular weight is 247 g/mol. The zero-order chi connectivity index (χ0) is 12.3. The van der Waals surface area contributed by atoms with E-state index < -0.39 is 0 Å². The van der Waals surface area contributed by atoms with Gasteiger partial charge in [-0.2, -0.15) is 0 Å². The van der Waals surface area contributed by atoms with Gasteiger partial charge >= 0.3 is 0 Å². The molecule has 2 rings (SSSR count). The van der Waals surface area contributed by atoms with Crippen LogP contribution in [0.5, 0.6) is 0 Å². The lowest BCUT2D eigenvalue weighted by molar-refractivity contribution is 0.921. The summed E-state index contributed by atoms with van der Waals surface area (Å²) in [6, 6.07) is 1.87. The van der Waals surface area contributed by atoms with Crippen molar-refractivity contribution in [2.24, 2.45) is 0 Å². The molecule has 0 atom stereocenters. The molecular weight excluding hydrogens is 234 g/mol. The molecule has 0 bridgehead atoms. The van der Waals surface area contributed by atoms with Gasteiger partial charge in [-0.1, -0.05) is 0 Å². The maximum atomic E-state index is 4.34. The first-order valence-electron chi connectivity index (χ1n) is 5.17. The maximum absolute atomic E-state index is 4.34. The standard InChI is InChI=1S/C11H13N5S/c1-7-4-5-13-11(16-7)17-10-8(2)9(12-3)14-6-15-10/h4-6H,1-3H3,(H,12,14,15). The van der Waals surface area contributed by atoms with Gasteiger partial charge in [0.2, 0.25) is 0 Å². The molecule has 0 spiro atoms. The lowest BCUT2D eigenvalue weighted by Crippen LogP contribution is -1.99. The average Bonchev–Trinajstić information content (AvgIpc) is 2.32. The topological polar surface area (TPSA) is 63.6 Å². The van der Waals surface area contributed by atoms with E-state index in [4.69, 9.17) is 0 Å². The summed E-state index contributed by atoms with van der Waals surface area (Å²) in [6.07, 6.45) is 3.29. The predicted molar refractivity (Wildman–Crippen MR) is 67.2 cm³/mol. The molecule has 5 nitrogen and oxygen atoms in total. The normalized spacial score (nSPS) is 10.3. The lowest BCUT2D eigenvalue weighted by atomic mass is 10.3. The summed E-state index contributed by atoms with van der Waals surface area (Å²) >= 11 is 1.44. The summed E-state index contributed by atoms with van der Waals surface area (Å²) in [5.74, 6) is 0.829. The highest BCUT2D eigenvalue weighted by atomic mass is 32.2. The summed E-state index contributed by atoms with van der Waals surface area (Å²) < 4.78 is 0. The highest BCUT2D eigenvalue weighted by molar-refractivity contribution is 7.99. The van der Waals surface area contributed by atoms with Gasteiger partial charge in [0.15, 0.2) is 5.16 Å². The lowest BCUT2D eigenvalue weighted by Gasteiger charge is -2.07. The van der Waals surface area contributed by atoms with Gasteiger partial charge in [-0.3, -0.25) is 0 Å². The molecule has 2 aromatic heterocycles. The third kappa shape index (κ3) is 2.71. The largest absolute Gasteiger partial charge is 0.373 e. The van der Waals surface area contributed by atoms with E-state index in [0.717, 1.165) is 22.1 Å². The quantitative estimate of drug-likeness (QED) is 0.661. The molecule has 0 aromatic carbocycles. The van der Waals surface area contributed by atoms with E-state index in [2.05, 4.69) is 25.3 Å². The number of hydrogen-bond acceptors (Lipinski definition) is 6. The smallest absolute Gasteiger partial charge is 0.194 e. The van der Waals surface area contributed by atoms with Crippen molar-refractivity contribution in [2.45, 2.75) is 24.0 Å². The Morgan fingerprint density at radius 3 is 2.71 bits per heavy atom. The number of hydrogen-bond donors (Lipinski definition) is 1. The third-order valence-corrected chi connectivity index (χ3v) is 3.22. The van der Waals surface area contributed by atoms with Gasteiger partial charge in [0.1, 0.15) is 17.2 Å². The van der Waals surface area contributed by atoms with Crippen LogP contribution in [-0.4, -0.2) is 27.0 Å². The van der Waals surface area contributed by atoms with E-state index in [0.29, 0.717) is 5.16 Å². The minimum Gasteiger partial charge on any atom is -0.373 e. The van der Waals surface area contributed by atoms with Crippen molar-refractivity contribution in [1.82, 2.24) is 19.9 Å². The molecule has 2 heterocycles. The molecule has 0 unspecified atom stereocenters. The molecule has 0 fully saturated rings. The van der Waals surface area contributed by atoms with Gasteiger partial charge in [0.25, 0.3) is 0 Å². The summed E-state index contributed by atoms with van der Waals surface area (Å²) in [4.78, 5) is 16.9. The molecule has 0 aliphatic heterocycles. The molecular formula is C11H13N5S. The highest BCUT2D eigenvalue weighted by Crippen LogP contribution is 2.27. The minimum atomic E-state index is 0.703.